The molecule has 1 saturated carbocycles. The van der Waals surface area contributed by atoms with E-state index < -0.39 is 12.1 Å². The number of amides is 2. The van der Waals surface area contributed by atoms with Crippen LogP contribution in [0.25, 0.3) is 0 Å². The van der Waals surface area contributed by atoms with Gasteiger partial charge in [-0.25, -0.2) is 4.79 Å². The highest BCUT2D eigenvalue weighted by molar-refractivity contribution is 7.16. The van der Waals surface area contributed by atoms with Crippen LogP contribution in [0.2, 0.25) is 0 Å². The minimum absolute atomic E-state index is 0.0304. The van der Waals surface area contributed by atoms with E-state index in [1.807, 2.05) is 27.7 Å². The smallest absolute Gasteiger partial charge is 0.342 e. The first kappa shape index (κ1) is 18.4. The zero-order chi connectivity index (χ0) is 18.0. The summed E-state index contributed by atoms with van der Waals surface area (Å²) in [4.78, 5) is 37.4. The largest absolute Gasteiger partial charge is 0.449 e. The van der Waals surface area contributed by atoms with Crippen LogP contribution in [-0.2, 0) is 14.3 Å². The van der Waals surface area contributed by atoms with Gasteiger partial charge in [0.25, 0.3) is 5.91 Å². The molecule has 1 aromatic rings. The lowest BCUT2D eigenvalue weighted by atomic mass is 10.1. The van der Waals surface area contributed by atoms with E-state index in [-0.39, 0.29) is 23.8 Å². The molecule has 0 aromatic carbocycles. The fourth-order valence-corrected chi connectivity index (χ4v) is 3.25. The van der Waals surface area contributed by atoms with Gasteiger partial charge in [-0.3, -0.25) is 9.59 Å². The van der Waals surface area contributed by atoms with Gasteiger partial charge in [0.1, 0.15) is 5.00 Å². The third-order valence-corrected chi connectivity index (χ3v) is 4.98. The number of esters is 1. The lowest BCUT2D eigenvalue weighted by Crippen LogP contribution is -2.39. The van der Waals surface area contributed by atoms with E-state index in [9.17, 15) is 14.4 Å². The van der Waals surface area contributed by atoms with Crippen molar-refractivity contribution in [1.82, 2.24) is 5.32 Å². The van der Waals surface area contributed by atoms with Gasteiger partial charge in [-0.05, 0) is 53.0 Å². The first-order valence-corrected chi connectivity index (χ1v) is 8.94. The first-order valence-electron chi connectivity index (χ1n) is 8.13. The van der Waals surface area contributed by atoms with Crippen molar-refractivity contribution in [2.75, 3.05) is 5.32 Å². The molecule has 0 spiro atoms. The van der Waals surface area contributed by atoms with E-state index in [0.29, 0.717) is 10.6 Å². The standard InChI is InChI=1S/C17H24N2O4S/c1-8(2)18-14(20)10(4)23-17(22)13-9(3)11(5)24-16(13)19-15(21)12-6-7-12/h8,10,12H,6-7H2,1-5H3,(H,18,20)(H,19,21)/t10-/m0/s1. The average Bonchev–Trinajstić information content (AvgIpc) is 3.26. The number of ether oxygens (including phenoxy) is 1. The number of hydrogen-bond donors (Lipinski definition) is 2. The van der Waals surface area contributed by atoms with Crippen LogP contribution < -0.4 is 10.6 Å². The van der Waals surface area contributed by atoms with Gasteiger partial charge in [0.2, 0.25) is 5.91 Å². The first-order chi connectivity index (χ1) is 11.2. The summed E-state index contributed by atoms with van der Waals surface area (Å²) in [6.07, 6.45) is 0.884. The van der Waals surface area contributed by atoms with Gasteiger partial charge < -0.3 is 15.4 Å². The number of aryl methyl sites for hydroxylation is 1. The number of thiophene rings is 1. The Morgan fingerprint density at radius 2 is 1.79 bits per heavy atom. The molecule has 1 fully saturated rings. The maximum absolute atomic E-state index is 12.5. The Morgan fingerprint density at radius 1 is 1.17 bits per heavy atom. The van der Waals surface area contributed by atoms with E-state index in [1.165, 1.54) is 18.3 Å². The molecule has 0 bridgehead atoms. The molecule has 0 aliphatic heterocycles. The predicted octanol–water partition coefficient (Wildman–Crippen LogP) is 2.78. The van der Waals surface area contributed by atoms with Crippen molar-refractivity contribution in [1.29, 1.82) is 0 Å². The Morgan fingerprint density at radius 3 is 2.33 bits per heavy atom. The normalized spacial score (nSPS) is 15.1. The number of nitrogens with one attached hydrogen (secondary N) is 2. The molecule has 2 N–H and O–H groups in total. The highest BCUT2D eigenvalue weighted by atomic mass is 32.1. The second kappa shape index (κ2) is 7.34. The van der Waals surface area contributed by atoms with Gasteiger partial charge in [0, 0.05) is 16.8 Å². The SMILES string of the molecule is Cc1sc(NC(=O)C2CC2)c(C(=O)O[C@@H](C)C(=O)NC(C)C)c1C. The summed E-state index contributed by atoms with van der Waals surface area (Å²) < 4.78 is 5.30. The minimum Gasteiger partial charge on any atom is -0.449 e. The Bertz CT molecular complexity index is 662. The van der Waals surface area contributed by atoms with Gasteiger partial charge >= 0.3 is 5.97 Å². The number of carbonyl (C=O) groups is 3. The molecule has 132 valence electrons. The number of carbonyl (C=O) groups excluding carboxylic acids is 3. The molecule has 1 aromatic heterocycles. The van der Waals surface area contributed by atoms with Crippen LogP contribution in [-0.4, -0.2) is 29.9 Å². The topological polar surface area (TPSA) is 84.5 Å². The lowest BCUT2D eigenvalue weighted by Gasteiger charge is -2.16. The minimum atomic E-state index is -0.897. The van der Waals surface area contributed by atoms with E-state index in [4.69, 9.17) is 4.74 Å². The highest BCUT2D eigenvalue weighted by Gasteiger charge is 2.32. The van der Waals surface area contributed by atoms with Gasteiger partial charge in [-0.1, -0.05) is 0 Å². The molecule has 0 saturated heterocycles. The van der Waals surface area contributed by atoms with Crippen molar-refractivity contribution in [3.8, 4) is 0 Å². The summed E-state index contributed by atoms with van der Waals surface area (Å²) in [5.74, 6) is -0.941. The molecule has 0 unspecified atom stereocenters. The van der Waals surface area contributed by atoms with Crippen LogP contribution in [0, 0.1) is 19.8 Å². The molecule has 1 aliphatic rings. The second-order valence-corrected chi connectivity index (χ2v) is 7.69. The molecule has 1 heterocycles. The average molecular weight is 352 g/mol. The molecule has 24 heavy (non-hydrogen) atoms. The van der Waals surface area contributed by atoms with Crippen LogP contribution >= 0.6 is 11.3 Å². The summed E-state index contributed by atoms with van der Waals surface area (Å²) in [7, 11) is 0. The monoisotopic (exact) mass is 352 g/mol. The van der Waals surface area contributed by atoms with Gasteiger partial charge in [-0.2, -0.15) is 0 Å². The van der Waals surface area contributed by atoms with Crippen molar-refractivity contribution < 1.29 is 19.1 Å². The van der Waals surface area contributed by atoms with Gasteiger partial charge in [-0.15, -0.1) is 11.3 Å². The van der Waals surface area contributed by atoms with Gasteiger partial charge in [0.15, 0.2) is 6.10 Å². The Kier molecular flexibility index (Phi) is 5.64. The maximum Gasteiger partial charge on any atom is 0.342 e. The van der Waals surface area contributed by atoms with Crippen molar-refractivity contribution in [2.45, 2.75) is 59.6 Å². The number of hydrogen-bond acceptors (Lipinski definition) is 5. The van der Waals surface area contributed by atoms with Crippen LogP contribution in [0.3, 0.4) is 0 Å². The molecule has 2 amide bonds. The predicted molar refractivity (Wildman–Crippen MR) is 93.3 cm³/mol. The quantitative estimate of drug-likeness (QED) is 0.771. The van der Waals surface area contributed by atoms with E-state index >= 15 is 0 Å². The second-order valence-electron chi connectivity index (χ2n) is 6.46. The van der Waals surface area contributed by atoms with Crippen molar-refractivity contribution >= 4 is 34.1 Å². The molecule has 2 rings (SSSR count). The Hall–Kier alpha value is -1.89. The maximum atomic E-state index is 12.5. The van der Waals surface area contributed by atoms with Crippen LogP contribution in [0.15, 0.2) is 0 Å². The zero-order valence-electron chi connectivity index (χ0n) is 14.7. The van der Waals surface area contributed by atoms with Crippen molar-refractivity contribution in [3.05, 3.63) is 16.0 Å². The lowest BCUT2D eigenvalue weighted by molar-refractivity contribution is -0.129. The third kappa shape index (κ3) is 4.35. The molecule has 1 atom stereocenters. The molecular weight excluding hydrogens is 328 g/mol. The number of rotatable bonds is 6. The van der Waals surface area contributed by atoms with Crippen molar-refractivity contribution in [2.24, 2.45) is 5.92 Å². The highest BCUT2D eigenvalue weighted by Crippen LogP contribution is 2.36. The fourth-order valence-electron chi connectivity index (χ4n) is 2.20. The molecule has 6 nitrogen and oxygen atoms in total. The van der Waals surface area contributed by atoms with E-state index in [0.717, 1.165) is 23.3 Å². The molecule has 0 radical (unpaired) electrons. The van der Waals surface area contributed by atoms with Crippen LogP contribution in [0.1, 0.15) is 54.4 Å². The summed E-state index contributed by atoms with van der Waals surface area (Å²) in [6.45, 7) is 8.91. The fraction of sp³-hybridized carbons (Fsp3) is 0.588. The molecular formula is C17H24N2O4S. The van der Waals surface area contributed by atoms with Crippen molar-refractivity contribution in [3.63, 3.8) is 0 Å². The summed E-state index contributed by atoms with van der Waals surface area (Å²) in [5, 5.41) is 6.04. The Balaban J connectivity index is 2.12. The zero-order valence-corrected chi connectivity index (χ0v) is 15.5. The summed E-state index contributed by atoms with van der Waals surface area (Å²) in [6, 6.07) is -0.0304. The van der Waals surface area contributed by atoms with Crippen LogP contribution in [0.5, 0.6) is 0 Å². The summed E-state index contributed by atoms with van der Waals surface area (Å²) in [5.41, 5.74) is 1.11. The molecule has 7 heteroatoms. The van der Waals surface area contributed by atoms with E-state index in [2.05, 4.69) is 10.6 Å². The molecule has 1 aliphatic carbocycles. The van der Waals surface area contributed by atoms with Crippen LogP contribution in [0.4, 0.5) is 5.00 Å². The van der Waals surface area contributed by atoms with E-state index in [1.54, 1.807) is 0 Å². The van der Waals surface area contributed by atoms with Gasteiger partial charge in [0.05, 0.1) is 5.56 Å². The Labute approximate surface area is 146 Å². The third-order valence-electron chi connectivity index (χ3n) is 3.86. The number of anilines is 1. The summed E-state index contributed by atoms with van der Waals surface area (Å²) >= 11 is 1.36.